The van der Waals surface area contributed by atoms with E-state index in [-0.39, 0.29) is 0 Å². The number of ether oxygens (including phenoxy) is 2. The van der Waals surface area contributed by atoms with Crippen molar-refractivity contribution in [2.24, 2.45) is 5.73 Å². The highest BCUT2D eigenvalue weighted by Crippen LogP contribution is 2.41. The third-order valence-electron chi connectivity index (χ3n) is 5.20. The summed E-state index contributed by atoms with van der Waals surface area (Å²) in [6, 6.07) is 18.6. The fourth-order valence-corrected chi connectivity index (χ4v) is 3.88. The summed E-state index contributed by atoms with van der Waals surface area (Å²) < 4.78 is 13.8. The van der Waals surface area contributed by atoms with Gasteiger partial charge in [0.2, 0.25) is 5.91 Å². The molecule has 1 heterocycles. The van der Waals surface area contributed by atoms with E-state index in [0.29, 0.717) is 30.2 Å². The van der Waals surface area contributed by atoms with Gasteiger partial charge in [-0.1, -0.05) is 37.3 Å². The molecule has 0 aliphatic carbocycles. The average Bonchev–Trinajstić information content (AvgIpc) is 3.11. The van der Waals surface area contributed by atoms with Crippen molar-refractivity contribution in [3.05, 3.63) is 71.8 Å². The first-order valence-electron chi connectivity index (χ1n) is 10.4. The van der Waals surface area contributed by atoms with Crippen molar-refractivity contribution in [3.8, 4) is 11.5 Å². The van der Waals surface area contributed by atoms with E-state index in [1.54, 1.807) is 24.3 Å². The quantitative estimate of drug-likeness (QED) is 0.413. The minimum Gasteiger partial charge on any atom is -0.491 e. The van der Waals surface area contributed by atoms with Crippen LogP contribution in [0.3, 0.4) is 0 Å². The van der Waals surface area contributed by atoms with Gasteiger partial charge in [-0.05, 0) is 42.3 Å². The highest BCUT2D eigenvalue weighted by atomic mass is 16.5. The maximum Gasteiger partial charge on any atom is 0.341 e. The Morgan fingerprint density at radius 3 is 2.53 bits per heavy atom. The number of carbonyl (C=O) groups is 2. The van der Waals surface area contributed by atoms with Crippen molar-refractivity contribution in [1.82, 2.24) is 4.57 Å². The van der Waals surface area contributed by atoms with Crippen molar-refractivity contribution >= 4 is 33.7 Å². The lowest BCUT2D eigenvalue weighted by Gasteiger charge is -2.14. The molecule has 4 aromatic rings. The summed E-state index contributed by atoms with van der Waals surface area (Å²) in [6.45, 7) is 2.61. The van der Waals surface area contributed by atoms with Crippen LogP contribution in [0.4, 0.5) is 0 Å². The monoisotopic (exact) mass is 432 g/mol. The Bertz CT molecular complexity index is 1310. The van der Waals surface area contributed by atoms with Crippen LogP contribution < -0.4 is 15.2 Å². The first-order valence-corrected chi connectivity index (χ1v) is 10.4. The predicted molar refractivity (Wildman–Crippen MR) is 122 cm³/mol. The molecule has 3 aromatic carbocycles. The number of hydrogen-bond donors (Lipinski definition) is 2. The summed E-state index contributed by atoms with van der Waals surface area (Å²) in [6.07, 6.45) is 0.847. The molecular weight excluding hydrogens is 408 g/mol. The zero-order valence-corrected chi connectivity index (χ0v) is 17.7. The molecule has 7 heteroatoms. The molecule has 4 rings (SSSR count). The second kappa shape index (κ2) is 9.01. The summed E-state index contributed by atoms with van der Waals surface area (Å²) in [5, 5.41) is 10.8. The van der Waals surface area contributed by atoms with Gasteiger partial charge in [0.15, 0.2) is 6.61 Å². The molecule has 1 aromatic heterocycles. The summed E-state index contributed by atoms with van der Waals surface area (Å²) in [7, 11) is 0. The lowest BCUT2D eigenvalue weighted by Crippen LogP contribution is -2.11. The number of carboxylic acid groups (broad SMARTS) is 1. The number of amides is 1. The smallest absolute Gasteiger partial charge is 0.341 e. The highest BCUT2D eigenvalue weighted by molar-refractivity contribution is 6.13. The molecule has 0 radical (unpaired) electrons. The van der Waals surface area contributed by atoms with Crippen LogP contribution in [-0.4, -0.2) is 34.8 Å². The molecule has 1 amide bonds. The summed E-state index contributed by atoms with van der Waals surface area (Å²) in [4.78, 5) is 22.8. The van der Waals surface area contributed by atoms with Crippen LogP contribution in [0, 0.1) is 0 Å². The van der Waals surface area contributed by atoms with Crippen LogP contribution in [0.15, 0.2) is 60.7 Å². The van der Waals surface area contributed by atoms with E-state index < -0.39 is 18.5 Å². The topological polar surface area (TPSA) is 104 Å². The Labute approximate surface area is 185 Å². The second-order valence-electron chi connectivity index (χ2n) is 7.48. The van der Waals surface area contributed by atoms with Gasteiger partial charge in [-0.15, -0.1) is 0 Å². The highest BCUT2D eigenvalue weighted by Gasteiger charge is 2.20. The van der Waals surface area contributed by atoms with Crippen molar-refractivity contribution in [3.63, 3.8) is 0 Å². The molecule has 0 unspecified atom stereocenters. The average molecular weight is 432 g/mol. The number of rotatable bonds is 9. The molecule has 3 N–H and O–H groups in total. The SMILES string of the molecule is CCCOc1ccc(OCC(=O)O)c2c3ccccc3n(Cc3cccc(C(N)=O)c3)c12. The molecule has 164 valence electrons. The minimum atomic E-state index is -1.04. The molecule has 0 saturated carbocycles. The molecule has 0 aliphatic heterocycles. The van der Waals surface area contributed by atoms with E-state index in [1.165, 1.54) is 0 Å². The molecule has 32 heavy (non-hydrogen) atoms. The largest absolute Gasteiger partial charge is 0.491 e. The molecule has 0 spiro atoms. The molecule has 0 atom stereocenters. The lowest BCUT2D eigenvalue weighted by atomic mass is 10.1. The normalized spacial score (nSPS) is 11.0. The number of benzene rings is 3. The Hall–Kier alpha value is -4.00. The van der Waals surface area contributed by atoms with Crippen molar-refractivity contribution in [2.45, 2.75) is 19.9 Å². The number of carbonyl (C=O) groups excluding carboxylic acids is 1. The Kier molecular flexibility index (Phi) is 5.98. The summed E-state index contributed by atoms with van der Waals surface area (Å²) in [5.41, 5.74) is 8.57. The van der Waals surface area contributed by atoms with E-state index in [0.717, 1.165) is 33.8 Å². The fraction of sp³-hybridized carbons (Fsp3) is 0.200. The number of para-hydroxylation sites is 1. The van der Waals surface area contributed by atoms with Crippen LogP contribution in [0.25, 0.3) is 21.8 Å². The number of aliphatic carboxylic acids is 1. The van der Waals surface area contributed by atoms with Crippen molar-refractivity contribution < 1.29 is 24.2 Å². The molecule has 0 bridgehead atoms. The molecule has 0 aliphatic rings. The first kappa shape index (κ1) is 21.2. The first-order chi connectivity index (χ1) is 15.5. The van der Waals surface area contributed by atoms with Crippen LogP contribution in [0.1, 0.15) is 29.3 Å². The van der Waals surface area contributed by atoms with Gasteiger partial charge in [-0.3, -0.25) is 4.79 Å². The number of fused-ring (bicyclic) bond motifs is 3. The van der Waals surface area contributed by atoms with Crippen LogP contribution in [0.2, 0.25) is 0 Å². The number of aromatic nitrogens is 1. The molecule has 7 nitrogen and oxygen atoms in total. The van der Waals surface area contributed by atoms with E-state index >= 15 is 0 Å². The van der Waals surface area contributed by atoms with Gasteiger partial charge in [0.25, 0.3) is 0 Å². The van der Waals surface area contributed by atoms with Gasteiger partial charge >= 0.3 is 5.97 Å². The number of primary amides is 1. The third kappa shape index (κ3) is 4.09. The zero-order chi connectivity index (χ0) is 22.7. The van der Waals surface area contributed by atoms with Crippen LogP contribution in [-0.2, 0) is 11.3 Å². The Morgan fingerprint density at radius 2 is 1.78 bits per heavy atom. The minimum absolute atomic E-state index is 0.440. The zero-order valence-electron chi connectivity index (χ0n) is 17.7. The van der Waals surface area contributed by atoms with Gasteiger partial charge in [0.05, 0.1) is 17.5 Å². The lowest BCUT2D eigenvalue weighted by molar-refractivity contribution is -0.139. The van der Waals surface area contributed by atoms with Gasteiger partial charge < -0.3 is 24.9 Å². The third-order valence-corrected chi connectivity index (χ3v) is 5.20. The van der Waals surface area contributed by atoms with Crippen molar-refractivity contribution in [1.29, 1.82) is 0 Å². The van der Waals surface area contributed by atoms with Gasteiger partial charge in [-0.25, -0.2) is 4.79 Å². The predicted octanol–water partition coefficient (Wildman–Crippen LogP) is 4.19. The van der Waals surface area contributed by atoms with Crippen LogP contribution in [0.5, 0.6) is 11.5 Å². The maximum atomic E-state index is 11.7. The Balaban J connectivity index is 1.95. The molecule has 0 fully saturated rings. The molecule has 0 saturated heterocycles. The summed E-state index contributed by atoms with van der Waals surface area (Å²) >= 11 is 0. The number of nitrogens with two attached hydrogens (primary N) is 1. The van der Waals surface area contributed by atoms with E-state index in [4.69, 9.17) is 20.3 Å². The summed E-state index contributed by atoms with van der Waals surface area (Å²) in [5.74, 6) is -0.360. The number of carboxylic acids is 1. The van der Waals surface area contributed by atoms with Gasteiger partial charge in [0, 0.05) is 23.0 Å². The fourth-order valence-electron chi connectivity index (χ4n) is 3.88. The second-order valence-corrected chi connectivity index (χ2v) is 7.48. The molecular formula is C25H24N2O5. The van der Waals surface area contributed by atoms with E-state index in [1.807, 2.05) is 43.3 Å². The van der Waals surface area contributed by atoms with E-state index in [2.05, 4.69) is 4.57 Å². The van der Waals surface area contributed by atoms with Crippen molar-refractivity contribution in [2.75, 3.05) is 13.2 Å². The number of nitrogens with zero attached hydrogens (tertiary/aromatic N) is 1. The van der Waals surface area contributed by atoms with Gasteiger partial charge in [-0.2, -0.15) is 0 Å². The van der Waals surface area contributed by atoms with Gasteiger partial charge in [0.1, 0.15) is 11.5 Å². The van der Waals surface area contributed by atoms with E-state index in [9.17, 15) is 9.59 Å². The standard InChI is InChI=1S/C25H24N2O5/c1-2-12-31-21-11-10-20(32-15-22(28)29)23-18-8-3-4-9-19(18)27(24(21)23)14-16-6-5-7-17(13-16)25(26)30/h3-11,13H,2,12,14-15H2,1H3,(H2,26,30)(H,28,29). The maximum absolute atomic E-state index is 11.7. The van der Waals surface area contributed by atoms with Crippen LogP contribution >= 0.6 is 0 Å². The number of hydrogen-bond acceptors (Lipinski definition) is 4. The Morgan fingerprint density at radius 1 is 1.00 bits per heavy atom.